The molecule has 3 nitrogen and oxygen atoms in total. The van der Waals surface area contributed by atoms with E-state index in [1.165, 1.54) is 10.6 Å². The van der Waals surface area contributed by atoms with Gasteiger partial charge in [-0.05, 0) is 47.1 Å². The highest BCUT2D eigenvalue weighted by Gasteiger charge is 2.16. The first-order valence-corrected chi connectivity index (χ1v) is 9.16. The fourth-order valence-corrected chi connectivity index (χ4v) is 3.91. The Morgan fingerprint density at radius 1 is 1.29 bits per heavy atom. The summed E-state index contributed by atoms with van der Waals surface area (Å²) >= 11 is 5.48. The number of rotatable bonds is 8. The molecule has 0 fully saturated rings. The summed E-state index contributed by atoms with van der Waals surface area (Å²) < 4.78 is 3.28. The first-order chi connectivity index (χ1) is 10.3. The van der Waals surface area contributed by atoms with Crippen LogP contribution in [0.4, 0.5) is 0 Å². The number of hydrogen-bond donors (Lipinski definition) is 1. The zero-order valence-electron chi connectivity index (χ0n) is 12.6. The molecule has 0 amide bonds. The van der Waals surface area contributed by atoms with Gasteiger partial charge in [-0.2, -0.15) is 5.10 Å². The monoisotopic (exact) mass is 367 g/mol. The highest BCUT2D eigenvalue weighted by Crippen LogP contribution is 2.30. The fraction of sp³-hybridized carbons (Fsp3) is 0.438. The van der Waals surface area contributed by atoms with E-state index in [-0.39, 0.29) is 0 Å². The summed E-state index contributed by atoms with van der Waals surface area (Å²) in [6.45, 7) is 6.27. The number of aromatic nitrogens is 2. The quantitative estimate of drug-likeness (QED) is 0.696. The van der Waals surface area contributed by atoms with E-state index in [0.29, 0.717) is 6.04 Å². The van der Waals surface area contributed by atoms with Crippen LogP contribution in [-0.4, -0.2) is 22.1 Å². The van der Waals surface area contributed by atoms with Crippen molar-refractivity contribution < 1.29 is 0 Å². The molecule has 0 saturated heterocycles. The molecule has 2 rings (SSSR count). The van der Waals surface area contributed by atoms with Crippen molar-refractivity contribution in [3.63, 3.8) is 0 Å². The van der Waals surface area contributed by atoms with E-state index in [1.807, 2.05) is 24.0 Å². The molecule has 0 aliphatic heterocycles. The number of nitrogens with zero attached hydrogens (tertiary/aromatic N) is 2. The molecular weight excluding hydrogens is 346 g/mol. The van der Waals surface area contributed by atoms with Gasteiger partial charge in [0.2, 0.25) is 0 Å². The maximum absolute atomic E-state index is 4.44. The Morgan fingerprint density at radius 3 is 2.81 bits per heavy atom. The van der Waals surface area contributed by atoms with Crippen molar-refractivity contribution in [3.8, 4) is 0 Å². The summed E-state index contributed by atoms with van der Waals surface area (Å²) in [5.41, 5.74) is 1.28. The van der Waals surface area contributed by atoms with Gasteiger partial charge in [0.15, 0.2) is 0 Å². The molecule has 0 aliphatic rings. The molecule has 0 aliphatic carbocycles. The van der Waals surface area contributed by atoms with Gasteiger partial charge < -0.3 is 5.32 Å². The molecule has 21 heavy (non-hydrogen) atoms. The highest BCUT2D eigenvalue weighted by molar-refractivity contribution is 9.10. The van der Waals surface area contributed by atoms with Crippen LogP contribution < -0.4 is 5.32 Å². The Kier molecular flexibility index (Phi) is 6.80. The third kappa shape index (κ3) is 4.59. The van der Waals surface area contributed by atoms with E-state index in [9.17, 15) is 0 Å². The first-order valence-electron chi connectivity index (χ1n) is 7.38. The molecular formula is C16H22BrN3S. The summed E-state index contributed by atoms with van der Waals surface area (Å²) in [5, 5.41) is 8.02. The summed E-state index contributed by atoms with van der Waals surface area (Å²) in [4.78, 5) is 1.28. The van der Waals surface area contributed by atoms with Crippen molar-refractivity contribution in [1.29, 1.82) is 0 Å². The predicted molar refractivity (Wildman–Crippen MR) is 93.8 cm³/mol. The van der Waals surface area contributed by atoms with Gasteiger partial charge in [0, 0.05) is 27.9 Å². The third-order valence-electron chi connectivity index (χ3n) is 3.23. The Hall–Kier alpha value is -0.780. The minimum atomic E-state index is 0.321. The zero-order valence-corrected chi connectivity index (χ0v) is 15.0. The molecule has 1 N–H and O–H groups in total. The Bertz CT molecular complexity index is 556. The smallest absolute Gasteiger partial charge is 0.0587 e. The van der Waals surface area contributed by atoms with E-state index in [2.05, 4.69) is 69.1 Å². The number of halogens is 1. The van der Waals surface area contributed by atoms with E-state index in [0.717, 1.165) is 29.7 Å². The average Bonchev–Trinajstić information content (AvgIpc) is 2.93. The second kappa shape index (κ2) is 8.61. The second-order valence-electron chi connectivity index (χ2n) is 4.83. The molecule has 1 aromatic heterocycles. The van der Waals surface area contributed by atoms with Crippen LogP contribution in [0.15, 0.2) is 45.9 Å². The van der Waals surface area contributed by atoms with E-state index < -0.39 is 0 Å². The lowest BCUT2D eigenvalue weighted by Crippen LogP contribution is -2.25. The molecule has 0 bridgehead atoms. The lowest BCUT2D eigenvalue weighted by atomic mass is 10.2. The lowest BCUT2D eigenvalue weighted by molar-refractivity contribution is 0.508. The summed E-state index contributed by atoms with van der Waals surface area (Å²) in [6.07, 6.45) is 3.00. The van der Waals surface area contributed by atoms with Crippen molar-refractivity contribution in [2.24, 2.45) is 0 Å². The molecule has 1 unspecified atom stereocenters. The summed E-state index contributed by atoms with van der Waals surface area (Å²) in [5.74, 6) is 0.992. The number of hydrogen-bond acceptors (Lipinski definition) is 3. The van der Waals surface area contributed by atoms with Crippen molar-refractivity contribution >= 4 is 27.7 Å². The molecule has 0 saturated carbocycles. The summed E-state index contributed by atoms with van der Waals surface area (Å²) in [7, 11) is 0. The maximum Gasteiger partial charge on any atom is 0.0587 e. The van der Waals surface area contributed by atoms with E-state index in [1.54, 1.807) is 0 Å². The van der Waals surface area contributed by atoms with E-state index in [4.69, 9.17) is 0 Å². The van der Waals surface area contributed by atoms with Crippen molar-refractivity contribution in [3.05, 3.63) is 46.7 Å². The van der Waals surface area contributed by atoms with Gasteiger partial charge in [0.25, 0.3) is 0 Å². The minimum Gasteiger partial charge on any atom is -0.308 e. The molecule has 1 heterocycles. The molecule has 2 aromatic rings. The van der Waals surface area contributed by atoms with Gasteiger partial charge in [0.05, 0.1) is 11.7 Å². The average molecular weight is 368 g/mol. The number of nitrogens with one attached hydrogen (secondary N) is 1. The van der Waals surface area contributed by atoms with E-state index >= 15 is 0 Å². The largest absolute Gasteiger partial charge is 0.308 e. The van der Waals surface area contributed by atoms with Crippen LogP contribution in [-0.2, 0) is 6.54 Å². The maximum atomic E-state index is 4.44. The standard InChI is InChI=1S/C16H22BrN3S/c1-3-11-20-15(9-10-19-20)14(18-4-2)12-21-16-8-6-5-7-13(16)17/h5-10,14,18H,3-4,11-12H2,1-2H3. The number of thioether (sulfide) groups is 1. The van der Waals surface area contributed by atoms with Crippen molar-refractivity contribution in [2.45, 2.75) is 37.8 Å². The second-order valence-corrected chi connectivity index (χ2v) is 6.75. The van der Waals surface area contributed by atoms with Gasteiger partial charge in [-0.1, -0.05) is 26.0 Å². The van der Waals surface area contributed by atoms with Crippen LogP contribution in [0.5, 0.6) is 0 Å². The van der Waals surface area contributed by atoms with Crippen molar-refractivity contribution in [1.82, 2.24) is 15.1 Å². The first kappa shape index (κ1) is 16.6. The third-order valence-corrected chi connectivity index (χ3v) is 5.36. The van der Waals surface area contributed by atoms with Crippen molar-refractivity contribution in [2.75, 3.05) is 12.3 Å². The Balaban J connectivity index is 2.08. The number of benzene rings is 1. The Labute approximate surface area is 139 Å². The Morgan fingerprint density at radius 2 is 2.10 bits per heavy atom. The topological polar surface area (TPSA) is 29.9 Å². The minimum absolute atomic E-state index is 0.321. The van der Waals surface area contributed by atoms with Crippen LogP contribution >= 0.6 is 27.7 Å². The van der Waals surface area contributed by atoms with Gasteiger partial charge in [-0.3, -0.25) is 4.68 Å². The molecule has 0 spiro atoms. The van der Waals surface area contributed by atoms with Crippen LogP contribution in [0.3, 0.4) is 0 Å². The van der Waals surface area contributed by atoms with Crippen LogP contribution in [0.25, 0.3) is 0 Å². The van der Waals surface area contributed by atoms with Gasteiger partial charge in [-0.25, -0.2) is 0 Å². The zero-order chi connectivity index (χ0) is 15.1. The van der Waals surface area contributed by atoms with Crippen LogP contribution in [0.2, 0.25) is 0 Å². The molecule has 0 radical (unpaired) electrons. The fourth-order valence-electron chi connectivity index (χ4n) is 2.27. The molecule has 5 heteroatoms. The normalized spacial score (nSPS) is 12.5. The molecule has 1 atom stereocenters. The van der Waals surface area contributed by atoms with Gasteiger partial charge in [-0.15, -0.1) is 11.8 Å². The molecule has 114 valence electrons. The lowest BCUT2D eigenvalue weighted by Gasteiger charge is -2.19. The highest BCUT2D eigenvalue weighted by atomic mass is 79.9. The predicted octanol–water partition coefficient (Wildman–Crippen LogP) is 4.50. The van der Waals surface area contributed by atoms with Crippen LogP contribution in [0, 0.1) is 0 Å². The van der Waals surface area contributed by atoms with Crippen LogP contribution in [0.1, 0.15) is 32.0 Å². The van der Waals surface area contributed by atoms with Gasteiger partial charge >= 0.3 is 0 Å². The SMILES string of the molecule is CCCn1nccc1C(CSc1ccccc1Br)NCC. The summed E-state index contributed by atoms with van der Waals surface area (Å²) in [6, 6.07) is 10.8. The number of aryl methyl sites for hydroxylation is 1. The molecule has 1 aromatic carbocycles. The van der Waals surface area contributed by atoms with Gasteiger partial charge in [0.1, 0.15) is 0 Å².